The van der Waals surface area contributed by atoms with Gasteiger partial charge in [-0.15, -0.1) is 0 Å². The van der Waals surface area contributed by atoms with Crippen molar-refractivity contribution in [3.63, 3.8) is 0 Å². The summed E-state index contributed by atoms with van der Waals surface area (Å²) in [4.78, 5) is 28.4. The van der Waals surface area contributed by atoms with Crippen LogP contribution in [0.5, 0.6) is 11.5 Å². The predicted molar refractivity (Wildman–Crippen MR) is 146 cm³/mol. The molecule has 2 aliphatic heterocycles. The highest BCUT2D eigenvalue weighted by Gasteiger charge is 2.46. The lowest BCUT2D eigenvalue weighted by molar-refractivity contribution is -0.140. The number of Topliss-reactive ketones (excluding diaryl/α,β-unsaturated/α-hetero) is 1. The number of nitrogens with zero attached hydrogens (tertiary/aromatic N) is 1. The smallest absolute Gasteiger partial charge is 0.295 e. The van der Waals surface area contributed by atoms with Gasteiger partial charge in [0.2, 0.25) is 0 Å². The van der Waals surface area contributed by atoms with Crippen LogP contribution in [0.1, 0.15) is 61.4 Å². The summed E-state index contributed by atoms with van der Waals surface area (Å²) >= 11 is 0. The fraction of sp³-hybridized carbons (Fsp3) is 0.312. The lowest BCUT2D eigenvalue weighted by atomic mass is 9.94. The zero-order valence-electron chi connectivity index (χ0n) is 21.9. The van der Waals surface area contributed by atoms with E-state index in [1.54, 1.807) is 6.07 Å². The first-order valence-corrected chi connectivity index (χ1v) is 13.3. The minimum atomic E-state index is -0.752. The van der Waals surface area contributed by atoms with E-state index >= 15 is 0 Å². The molecule has 6 nitrogen and oxygen atoms in total. The molecule has 2 atom stereocenters. The maximum Gasteiger partial charge on any atom is 0.295 e. The van der Waals surface area contributed by atoms with Crippen LogP contribution < -0.4 is 9.47 Å². The Hall–Kier alpha value is -4.06. The number of likely N-dealkylation sites (tertiary alicyclic amines) is 1. The number of aliphatic hydroxyl groups is 1. The van der Waals surface area contributed by atoms with E-state index < -0.39 is 17.7 Å². The Balaban J connectivity index is 1.56. The molecule has 3 aromatic rings. The van der Waals surface area contributed by atoms with Gasteiger partial charge in [-0.2, -0.15) is 0 Å². The van der Waals surface area contributed by atoms with E-state index in [2.05, 4.69) is 6.92 Å². The molecule has 1 saturated heterocycles. The van der Waals surface area contributed by atoms with E-state index in [1.165, 1.54) is 4.90 Å². The third-order valence-corrected chi connectivity index (χ3v) is 7.10. The van der Waals surface area contributed by atoms with Crippen molar-refractivity contribution in [2.24, 2.45) is 0 Å². The van der Waals surface area contributed by atoms with Crippen molar-refractivity contribution in [3.05, 3.63) is 101 Å². The SMILES string of the molecule is CCCCCOc1cccc([C@H]2C(=C(O)c3ccc4c(c3)C[C@@H](C)O4)C(=O)C(=O)N2Cc2ccccc2)c1. The molecule has 1 N–H and O–H groups in total. The Morgan fingerprint density at radius 2 is 1.84 bits per heavy atom. The van der Waals surface area contributed by atoms with Gasteiger partial charge in [0.05, 0.1) is 18.2 Å². The lowest BCUT2D eigenvalue weighted by Gasteiger charge is -2.26. The lowest BCUT2D eigenvalue weighted by Crippen LogP contribution is -2.29. The molecule has 3 aromatic carbocycles. The molecule has 5 rings (SSSR count). The predicted octanol–water partition coefficient (Wildman–Crippen LogP) is 6.20. The first-order chi connectivity index (χ1) is 18.5. The van der Waals surface area contributed by atoms with Crippen molar-refractivity contribution in [1.29, 1.82) is 0 Å². The van der Waals surface area contributed by atoms with Crippen LogP contribution in [0.2, 0.25) is 0 Å². The molecule has 0 aromatic heterocycles. The molecule has 0 spiro atoms. The molecule has 2 aliphatic rings. The van der Waals surface area contributed by atoms with Gasteiger partial charge >= 0.3 is 0 Å². The number of unbranched alkanes of at least 4 members (excludes halogenated alkanes) is 2. The van der Waals surface area contributed by atoms with Gasteiger partial charge in [-0.05, 0) is 60.4 Å². The molecule has 38 heavy (non-hydrogen) atoms. The number of hydrogen-bond donors (Lipinski definition) is 1. The van der Waals surface area contributed by atoms with Gasteiger partial charge in [0.25, 0.3) is 11.7 Å². The Labute approximate surface area is 223 Å². The highest BCUT2D eigenvalue weighted by molar-refractivity contribution is 6.46. The second-order valence-corrected chi connectivity index (χ2v) is 10.00. The second-order valence-electron chi connectivity index (χ2n) is 10.00. The number of aliphatic hydroxyl groups excluding tert-OH is 1. The van der Waals surface area contributed by atoms with Crippen LogP contribution in [-0.2, 0) is 22.6 Å². The average Bonchev–Trinajstić information content (AvgIpc) is 3.42. The monoisotopic (exact) mass is 511 g/mol. The fourth-order valence-electron chi connectivity index (χ4n) is 5.21. The summed E-state index contributed by atoms with van der Waals surface area (Å²) in [5.41, 5.74) is 3.17. The van der Waals surface area contributed by atoms with Gasteiger partial charge in [-0.25, -0.2) is 0 Å². The normalized spacial score (nSPS) is 19.9. The molecular weight excluding hydrogens is 478 g/mol. The van der Waals surface area contributed by atoms with Crippen LogP contribution >= 0.6 is 0 Å². The molecule has 0 saturated carbocycles. The van der Waals surface area contributed by atoms with E-state index in [4.69, 9.17) is 9.47 Å². The summed E-state index contributed by atoms with van der Waals surface area (Å²) in [7, 11) is 0. The van der Waals surface area contributed by atoms with Gasteiger partial charge in [0.15, 0.2) is 0 Å². The fourth-order valence-corrected chi connectivity index (χ4v) is 5.21. The number of fused-ring (bicyclic) bond motifs is 1. The number of rotatable bonds is 9. The van der Waals surface area contributed by atoms with Crippen LogP contribution in [0.15, 0.2) is 78.4 Å². The molecular formula is C32H33NO5. The van der Waals surface area contributed by atoms with E-state index in [1.807, 2.05) is 73.7 Å². The first kappa shape index (κ1) is 25.6. The summed E-state index contributed by atoms with van der Waals surface area (Å²) in [5, 5.41) is 11.5. The van der Waals surface area contributed by atoms with Gasteiger partial charge in [0, 0.05) is 18.5 Å². The molecule has 6 heteroatoms. The Morgan fingerprint density at radius 1 is 1.03 bits per heavy atom. The highest BCUT2D eigenvalue weighted by Crippen LogP contribution is 2.42. The number of benzene rings is 3. The molecule has 0 radical (unpaired) electrons. The van der Waals surface area contributed by atoms with E-state index in [-0.39, 0.29) is 24.0 Å². The number of amides is 1. The summed E-state index contributed by atoms with van der Waals surface area (Å²) < 4.78 is 11.8. The van der Waals surface area contributed by atoms with Crippen molar-refractivity contribution >= 4 is 17.4 Å². The highest BCUT2D eigenvalue weighted by atomic mass is 16.5. The van der Waals surface area contributed by atoms with Gasteiger partial charge in [0.1, 0.15) is 23.4 Å². The standard InChI is InChI=1S/C32H33NO5/c1-3-4-8-16-37-26-13-9-12-23(19-26)29-28(30(34)24-14-15-27-25(18-24)17-21(2)38-27)31(35)32(36)33(29)20-22-10-6-5-7-11-22/h5-7,9-15,18-19,21,29,34H,3-4,8,16-17,20H2,1-2H3/t21-,29+/m1/s1. The minimum Gasteiger partial charge on any atom is -0.507 e. The minimum absolute atomic E-state index is 0.0546. The summed E-state index contributed by atoms with van der Waals surface area (Å²) in [5.74, 6) is -0.0493. The summed E-state index contributed by atoms with van der Waals surface area (Å²) in [6.45, 7) is 4.97. The van der Waals surface area contributed by atoms with Crippen molar-refractivity contribution in [3.8, 4) is 11.5 Å². The first-order valence-electron chi connectivity index (χ1n) is 13.3. The third kappa shape index (κ3) is 5.17. The van der Waals surface area contributed by atoms with E-state index in [9.17, 15) is 14.7 Å². The topological polar surface area (TPSA) is 76.1 Å². The average molecular weight is 512 g/mol. The van der Waals surface area contributed by atoms with Crippen LogP contribution in [0.4, 0.5) is 0 Å². The van der Waals surface area contributed by atoms with Gasteiger partial charge in [-0.3, -0.25) is 9.59 Å². The van der Waals surface area contributed by atoms with Crippen molar-refractivity contribution in [2.45, 2.75) is 58.2 Å². The molecule has 196 valence electrons. The van der Waals surface area contributed by atoms with E-state index in [0.717, 1.165) is 42.6 Å². The zero-order chi connectivity index (χ0) is 26.6. The largest absolute Gasteiger partial charge is 0.507 e. The third-order valence-electron chi connectivity index (χ3n) is 7.10. The Kier molecular flexibility index (Phi) is 7.50. The number of carbonyl (C=O) groups excluding carboxylic acids is 2. The molecule has 2 heterocycles. The molecule has 0 bridgehead atoms. The van der Waals surface area contributed by atoms with Crippen LogP contribution in [0, 0.1) is 0 Å². The summed E-state index contributed by atoms with van der Waals surface area (Å²) in [6.07, 6.45) is 3.92. The molecule has 1 amide bonds. The maximum atomic E-state index is 13.5. The molecule has 1 fully saturated rings. The number of carbonyl (C=O) groups is 2. The van der Waals surface area contributed by atoms with Gasteiger partial charge in [-0.1, -0.05) is 62.2 Å². The second kappa shape index (κ2) is 11.1. The quantitative estimate of drug-likeness (QED) is 0.160. The number of ketones is 1. The van der Waals surface area contributed by atoms with Crippen molar-refractivity contribution < 1.29 is 24.2 Å². The van der Waals surface area contributed by atoms with Crippen LogP contribution in [-0.4, -0.2) is 34.4 Å². The Bertz CT molecular complexity index is 1360. The number of hydrogen-bond acceptors (Lipinski definition) is 5. The molecule has 0 unspecified atom stereocenters. The van der Waals surface area contributed by atoms with Crippen molar-refractivity contribution in [1.82, 2.24) is 4.90 Å². The van der Waals surface area contributed by atoms with Crippen LogP contribution in [0.25, 0.3) is 5.76 Å². The van der Waals surface area contributed by atoms with Crippen molar-refractivity contribution in [2.75, 3.05) is 6.61 Å². The van der Waals surface area contributed by atoms with Gasteiger partial charge < -0.3 is 19.5 Å². The maximum absolute atomic E-state index is 13.5. The van der Waals surface area contributed by atoms with E-state index in [0.29, 0.717) is 23.5 Å². The Morgan fingerprint density at radius 3 is 2.63 bits per heavy atom. The number of ether oxygens (including phenoxy) is 2. The van der Waals surface area contributed by atoms with Crippen LogP contribution in [0.3, 0.4) is 0 Å². The summed E-state index contributed by atoms with van der Waals surface area (Å²) in [6, 6.07) is 21.7. The zero-order valence-corrected chi connectivity index (χ0v) is 21.9. The molecule has 0 aliphatic carbocycles.